The second kappa shape index (κ2) is 8.72. The third kappa shape index (κ3) is 6.33. The van der Waals surface area contributed by atoms with Crippen molar-refractivity contribution in [2.45, 2.75) is 47.6 Å². The van der Waals surface area contributed by atoms with Gasteiger partial charge in [0.15, 0.2) is 0 Å². The minimum Gasteiger partial charge on any atom is -0.391 e. The average molecular weight is 309 g/mol. The first-order valence-electron chi connectivity index (χ1n) is 8.19. The van der Waals surface area contributed by atoms with Gasteiger partial charge in [-0.1, -0.05) is 71.9 Å². The van der Waals surface area contributed by atoms with Crippen LogP contribution in [0.2, 0.25) is 6.04 Å². The lowest BCUT2D eigenvalue weighted by Crippen LogP contribution is -2.55. The molecule has 0 atom stereocenters. The zero-order chi connectivity index (χ0) is 15.9. The van der Waals surface area contributed by atoms with Crippen LogP contribution in [-0.4, -0.2) is 21.8 Å². The summed E-state index contributed by atoms with van der Waals surface area (Å²) in [5.41, 5.74) is 0. The molecule has 120 valence electrons. The fourth-order valence-electron chi connectivity index (χ4n) is 2.28. The molecule has 3 heteroatoms. The van der Waals surface area contributed by atoms with Crippen LogP contribution in [-0.2, 0) is 8.85 Å². The normalized spacial score (nSPS) is 12.6. The maximum Gasteiger partial charge on any atom is 0.372 e. The van der Waals surface area contributed by atoms with Gasteiger partial charge in [0.05, 0.1) is 0 Å². The van der Waals surface area contributed by atoms with Crippen LogP contribution in [0.15, 0.2) is 30.3 Å². The molecule has 0 bridgehead atoms. The number of benzene rings is 1. The fraction of sp³-hybridized carbons (Fsp3) is 0.667. The van der Waals surface area contributed by atoms with Crippen LogP contribution >= 0.6 is 0 Å². The van der Waals surface area contributed by atoms with Crippen LogP contribution in [0.25, 0.3) is 0 Å². The third-order valence-corrected chi connectivity index (χ3v) is 7.02. The fourth-order valence-corrected chi connectivity index (χ4v) is 6.14. The van der Waals surface area contributed by atoms with Crippen molar-refractivity contribution in [3.8, 4) is 0 Å². The van der Waals surface area contributed by atoms with E-state index in [1.165, 1.54) is 5.19 Å². The summed E-state index contributed by atoms with van der Waals surface area (Å²) >= 11 is 0. The van der Waals surface area contributed by atoms with Gasteiger partial charge in [-0.2, -0.15) is 0 Å². The minimum atomic E-state index is -2.36. The van der Waals surface area contributed by atoms with Gasteiger partial charge in [0.25, 0.3) is 0 Å². The van der Waals surface area contributed by atoms with Crippen LogP contribution in [0.5, 0.6) is 0 Å². The van der Waals surface area contributed by atoms with Gasteiger partial charge >= 0.3 is 8.56 Å². The topological polar surface area (TPSA) is 18.5 Å². The lowest BCUT2D eigenvalue weighted by molar-refractivity contribution is 0.145. The smallest absolute Gasteiger partial charge is 0.372 e. The quantitative estimate of drug-likeness (QED) is 0.632. The summed E-state index contributed by atoms with van der Waals surface area (Å²) in [6.07, 6.45) is 0. The van der Waals surface area contributed by atoms with Gasteiger partial charge in [-0.3, -0.25) is 0 Å². The summed E-state index contributed by atoms with van der Waals surface area (Å²) < 4.78 is 12.9. The molecular weight excluding hydrogens is 276 g/mol. The number of hydrogen-bond donors (Lipinski definition) is 0. The van der Waals surface area contributed by atoms with Crippen LogP contribution < -0.4 is 5.19 Å². The maximum absolute atomic E-state index is 6.46. The van der Waals surface area contributed by atoms with Crippen LogP contribution in [0.3, 0.4) is 0 Å². The van der Waals surface area contributed by atoms with Gasteiger partial charge in [-0.05, 0) is 29.0 Å². The van der Waals surface area contributed by atoms with E-state index < -0.39 is 8.56 Å². The largest absolute Gasteiger partial charge is 0.391 e. The van der Waals surface area contributed by atoms with Gasteiger partial charge in [-0.25, -0.2) is 0 Å². The molecule has 0 aliphatic rings. The molecule has 0 saturated carbocycles. The summed E-state index contributed by atoms with van der Waals surface area (Å²) in [5.74, 6) is 1.61. The Kier molecular flexibility index (Phi) is 7.64. The van der Waals surface area contributed by atoms with E-state index in [0.717, 1.165) is 19.3 Å². The first-order valence-corrected chi connectivity index (χ1v) is 10.2. The molecule has 0 fully saturated rings. The Bertz CT molecular complexity index is 375. The number of rotatable bonds is 9. The first-order chi connectivity index (χ1) is 9.85. The molecule has 0 unspecified atom stereocenters. The second-order valence-electron chi connectivity index (χ2n) is 7.13. The van der Waals surface area contributed by atoms with Gasteiger partial charge < -0.3 is 8.85 Å². The van der Waals surface area contributed by atoms with Crippen molar-refractivity contribution in [3.05, 3.63) is 30.3 Å². The Labute approximate surface area is 132 Å². The van der Waals surface area contributed by atoms with Crippen molar-refractivity contribution in [1.29, 1.82) is 0 Å². The zero-order valence-electron chi connectivity index (χ0n) is 14.6. The molecule has 21 heavy (non-hydrogen) atoms. The van der Waals surface area contributed by atoms with Crippen molar-refractivity contribution >= 4 is 13.7 Å². The Balaban J connectivity index is 3.06. The lowest BCUT2D eigenvalue weighted by Gasteiger charge is -2.34. The Morgan fingerprint density at radius 3 is 1.62 bits per heavy atom. The summed E-state index contributed by atoms with van der Waals surface area (Å²) in [5, 5.41) is 1.26. The van der Waals surface area contributed by atoms with Crippen LogP contribution in [0.4, 0.5) is 0 Å². The molecule has 0 aromatic heterocycles. The highest BCUT2D eigenvalue weighted by Gasteiger charge is 2.41. The lowest BCUT2D eigenvalue weighted by atomic mass is 10.2. The molecule has 0 aliphatic carbocycles. The van der Waals surface area contributed by atoms with E-state index in [-0.39, 0.29) is 0 Å². The minimum absolute atomic E-state index is 0.524. The van der Waals surface area contributed by atoms with E-state index in [1.54, 1.807) is 0 Å². The highest BCUT2D eigenvalue weighted by molar-refractivity contribution is 6.81. The molecule has 0 aliphatic heterocycles. The maximum atomic E-state index is 6.46. The van der Waals surface area contributed by atoms with Crippen LogP contribution in [0.1, 0.15) is 41.5 Å². The SMILES string of the molecule is CC(C)CO[Si](CC(C)C)(OCC(C)C)c1ccccc1. The molecular formula is C18H32O2Si. The second-order valence-corrected chi connectivity index (χ2v) is 10.2. The van der Waals surface area contributed by atoms with Crippen molar-refractivity contribution in [3.63, 3.8) is 0 Å². The summed E-state index contributed by atoms with van der Waals surface area (Å²) in [7, 11) is -2.36. The molecule has 0 spiro atoms. The third-order valence-electron chi connectivity index (χ3n) is 3.19. The predicted octanol–water partition coefficient (Wildman–Crippen LogP) is 4.34. The van der Waals surface area contributed by atoms with Gasteiger partial charge in [0.1, 0.15) is 0 Å². The van der Waals surface area contributed by atoms with E-state index >= 15 is 0 Å². The van der Waals surface area contributed by atoms with E-state index in [4.69, 9.17) is 8.85 Å². The first kappa shape index (κ1) is 18.4. The molecule has 2 nitrogen and oxygen atoms in total. The summed E-state index contributed by atoms with van der Waals surface area (Å²) in [6, 6.07) is 11.6. The van der Waals surface area contributed by atoms with E-state index in [0.29, 0.717) is 17.8 Å². The van der Waals surface area contributed by atoms with Crippen LogP contribution in [0, 0.1) is 17.8 Å². The molecule has 0 radical (unpaired) electrons. The van der Waals surface area contributed by atoms with Crippen molar-refractivity contribution < 1.29 is 8.85 Å². The zero-order valence-corrected chi connectivity index (χ0v) is 15.6. The average Bonchev–Trinajstić information content (AvgIpc) is 2.42. The molecule has 1 aromatic rings. The summed E-state index contributed by atoms with van der Waals surface area (Å²) in [6.45, 7) is 14.8. The standard InChI is InChI=1S/C18H32O2Si/c1-15(2)12-19-21(14-17(5)6,20-13-16(3)4)18-10-8-7-9-11-18/h7-11,15-17H,12-14H2,1-6H3. The van der Waals surface area contributed by atoms with E-state index in [2.05, 4.69) is 71.9 Å². The molecule has 0 N–H and O–H groups in total. The van der Waals surface area contributed by atoms with Gasteiger partial charge in [0.2, 0.25) is 0 Å². The van der Waals surface area contributed by atoms with Crippen molar-refractivity contribution in [2.75, 3.05) is 13.2 Å². The highest BCUT2D eigenvalue weighted by Crippen LogP contribution is 2.22. The molecule has 1 aromatic carbocycles. The number of hydrogen-bond acceptors (Lipinski definition) is 2. The van der Waals surface area contributed by atoms with E-state index in [9.17, 15) is 0 Å². The Morgan fingerprint density at radius 1 is 0.762 bits per heavy atom. The molecule has 0 saturated heterocycles. The molecule has 1 rings (SSSR count). The highest BCUT2D eigenvalue weighted by atomic mass is 28.4. The Morgan fingerprint density at radius 2 is 1.24 bits per heavy atom. The monoisotopic (exact) mass is 308 g/mol. The van der Waals surface area contributed by atoms with Gasteiger partial charge in [0, 0.05) is 13.2 Å². The van der Waals surface area contributed by atoms with Crippen molar-refractivity contribution in [2.24, 2.45) is 17.8 Å². The van der Waals surface area contributed by atoms with E-state index in [1.807, 2.05) is 0 Å². The van der Waals surface area contributed by atoms with Gasteiger partial charge in [-0.15, -0.1) is 0 Å². The summed E-state index contributed by atoms with van der Waals surface area (Å²) in [4.78, 5) is 0. The predicted molar refractivity (Wildman–Crippen MR) is 93.1 cm³/mol. The molecule has 0 heterocycles. The molecule has 0 amide bonds. The van der Waals surface area contributed by atoms with Crippen molar-refractivity contribution in [1.82, 2.24) is 0 Å². The Hall–Kier alpha value is -0.643.